The van der Waals surface area contributed by atoms with Crippen molar-refractivity contribution in [1.82, 2.24) is 0 Å². The first-order chi connectivity index (χ1) is 8.87. The van der Waals surface area contributed by atoms with Crippen molar-refractivity contribution in [1.29, 1.82) is 0 Å². The van der Waals surface area contributed by atoms with E-state index >= 15 is 0 Å². The number of nitrogens with zero attached hydrogens (tertiary/aromatic N) is 2. The average Bonchev–Trinajstić information content (AvgIpc) is 2.25. The van der Waals surface area contributed by atoms with Gasteiger partial charge in [0, 0.05) is 17.7 Å². The molecule has 0 saturated carbocycles. The summed E-state index contributed by atoms with van der Waals surface area (Å²) in [6.45, 7) is -0.241. The zero-order valence-electron chi connectivity index (χ0n) is 11.4. The van der Waals surface area contributed by atoms with E-state index in [1.165, 1.54) is 0 Å². The molecular formula is C11H18N2O6P+. The van der Waals surface area contributed by atoms with Crippen molar-refractivity contribution in [3.8, 4) is 0 Å². The standard InChI is InChI=1S/C11H17N2O6P/c1-13(2,3)8-11(14,20(17,18)19)9-4-6-10(7-5-9)12(15)16/h4-7,14H,8H2,1-3H3,(H-,17,18,19)/p+1. The van der Waals surface area contributed by atoms with Crippen molar-refractivity contribution in [3.63, 3.8) is 0 Å². The van der Waals surface area contributed by atoms with Crippen LogP contribution in [0.25, 0.3) is 0 Å². The number of rotatable bonds is 5. The Labute approximate surface area is 116 Å². The third kappa shape index (κ3) is 3.62. The number of nitro groups is 1. The van der Waals surface area contributed by atoms with E-state index < -0.39 is 17.9 Å². The summed E-state index contributed by atoms with van der Waals surface area (Å²) in [7, 11) is 0.143. The van der Waals surface area contributed by atoms with Gasteiger partial charge in [0.1, 0.15) is 6.54 Å². The van der Waals surface area contributed by atoms with Crippen LogP contribution in [-0.4, -0.2) is 52.0 Å². The van der Waals surface area contributed by atoms with Gasteiger partial charge in [-0.3, -0.25) is 14.7 Å². The molecule has 1 atom stereocenters. The first kappa shape index (κ1) is 16.7. The van der Waals surface area contributed by atoms with Gasteiger partial charge in [-0.2, -0.15) is 0 Å². The lowest BCUT2D eigenvalue weighted by Crippen LogP contribution is -2.47. The van der Waals surface area contributed by atoms with Crippen molar-refractivity contribution in [2.24, 2.45) is 0 Å². The molecule has 0 aliphatic carbocycles. The molecule has 0 saturated heterocycles. The molecule has 1 unspecified atom stereocenters. The van der Waals surface area contributed by atoms with Crippen LogP contribution in [0.4, 0.5) is 5.69 Å². The molecule has 20 heavy (non-hydrogen) atoms. The Morgan fingerprint density at radius 3 is 2.00 bits per heavy atom. The van der Waals surface area contributed by atoms with E-state index in [0.717, 1.165) is 24.3 Å². The first-order valence-electron chi connectivity index (χ1n) is 5.70. The number of hydrogen-bond donors (Lipinski definition) is 3. The van der Waals surface area contributed by atoms with E-state index in [1.807, 2.05) is 0 Å². The fourth-order valence-corrected chi connectivity index (χ4v) is 2.96. The monoisotopic (exact) mass is 305 g/mol. The molecular weight excluding hydrogens is 287 g/mol. The van der Waals surface area contributed by atoms with Gasteiger partial charge in [-0.25, -0.2) is 0 Å². The van der Waals surface area contributed by atoms with Crippen LogP contribution in [0.3, 0.4) is 0 Å². The molecule has 0 aliphatic heterocycles. The minimum absolute atomic E-state index is 0.0514. The predicted octanol–water partition coefficient (Wildman–Crippen LogP) is 0.624. The summed E-state index contributed by atoms with van der Waals surface area (Å²) in [6, 6.07) is 4.52. The zero-order valence-corrected chi connectivity index (χ0v) is 12.3. The van der Waals surface area contributed by atoms with E-state index in [1.54, 1.807) is 21.1 Å². The quantitative estimate of drug-likeness (QED) is 0.317. The maximum Gasteiger partial charge on any atom is 0.367 e. The van der Waals surface area contributed by atoms with Crippen molar-refractivity contribution < 1.29 is 28.9 Å². The summed E-state index contributed by atoms with van der Waals surface area (Å²) >= 11 is 0. The second kappa shape index (κ2) is 5.23. The number of aliphatic hydroxyl groups is 1. The number of benzene rings is 1. The second-order valence-corrected chi connectivity index (χ2v) is 7.44. The minimum atomic E-state index is -4.87. The highest BCUT2D eigenvalue weighted by Crippen LogP contribution is 2.55. The molecule has 0 radical (unpaired) electrons. The average molecular weight is 305 g/mol. The van der Waals surface area contributed by atoms with E-state index in [2.05, 4.69) is 0 Å². The SMILES string of the molecule is C[N+](C)(C)CC(O)(c1ccc([N+](=O)[O-])cc1)P(=O)(O)O. The van der Waals surface area contributed by atoms with Crippen molar-refractivity contribution in [2.45, 2.75) is 5.34 Å². The van der Waals surface area contributed by atoms with Gasteiger partial charge in [0.2, 0.25) is 5.34 Å². The zero-order chi connectivity index (χ0) is 15.8. The lowest BCUT2D eigenvalue weighted by molar-refractivity contribution is -0.876. The number of hydrogen-bond acceptors (Lipinski definition) is 4. The van der Waals surface area contributed by atoms with Crippen LogP contribution in [0.2, 0.25) is 0 Å². The molecule has 9 heteroatoms. The third-order valence-corrected chi connectivity index (χ3v) is 4.08. The van der Waals surface area contributed by atoms with E-state index in [4.69, 9.17) is 0 Å². The molecule has 0 aliphatic rings. The minimum Gasteiger partial charge on any atom is -0.369 e. The van der Waals surface area contributed by atoms with Crippen LogP contribution in [0.15, 0.2) is 24.3 Å². The smallest absolute Gasteiger partial charge is 0.367 e. The molecule has 8 nitrogen and oxygen atoms in total. The molecule has 0 spiro atoms. The number of quaternary nitrogens is 1. The number of likely N-dealkylation sites (N-methyl/N-ethyl adjacent to an activating group) is 1. The summed E-state index contributed by atoms with van der Waals surface area (Å²) < 4.78 is 11.8. The van der Waals surface area contributed by atoms with Crippen LogP contribution in [0.5, 0.6) is 0 Å². The van der Waals surface area contributed by atoms with Gasteiger partial charge in [-0.05, 0) is 12.1 Å². The van der Waals surface area contributed by atoms with Crippen LogP contribution in [0, 0.1) is 10.1 Å². The molecule has 0 amide bonds. The Morgan fingerprint density at radius 2 is 1.70 bits per heavy atom. The van der Waals surface area contributed by atoms with Gasteiger partial charge >= 0.3 is 7.60 Å². The summed E-state index contributed by atoms with van der Waals surface area (Å²) in [6.07, 6.45) is 0. The molecule has 112 valence electrons. The molecule has 0 fully saturated rings. The van der Waals surface area contributed by atoms with E-state index in [-0.39, 0.29) is 22.3 Å². The number of nitro benzene ring substituents is 1. The van der Waals surface area contributed by atoms with Crippen LogP contribution >= 0.6 is 7.60 Å². The van der Waals surface area contributed by atoms with Gasteiger partial charge in [-0.1, -0.05) is 0 Å². The third-order valence-electron chi connectivity index (χ3n) is 2.72. The van der Waals surface area contributed by atoms with Gasteiger partial charge in [0.15, 0.2) is 0 Å². The Morgan fingerprint density at radius 1 is 1.25 bits per heavy atom. The summed E-state index contributed by atoms with van der Waals surface area (Å²) in [4.78, 5) is 28.8. The molecule has 0 bridgehead atoms. The first-order valence-corrected chi connectivity index (χ1v) is 7.31. The van der Waals surface area contributed by atoms with Crippen LogP contribution in [0.1, 0.15) is 5.56 Å². The number of non-ortho nitro benzene ring substituents is 1. The molecule has 1 aromatic carbocycles. The molecule has 1 rings (SSSR count). The Bertz CT molecular complexity index is 547. The predicted molar refractivity (Wildman–Crippen MR) is 71.9 cm³/mol. The van der Waals surface area contributed by atoms with Crippen molar-refractivity contribution in [2.75, 3.05) is 27.7 Å². The van der Waals surface area contributed by atoms with Crippen LogP contribution in [-0.2, 0) is 9.91 Å². The molecule has 3 N–H and O–H groups in total. The highest BCUT2D eigenvalue weighted by molar-refractivity contribution is 7.52. The maximum absolute atomic E-state index is 11.7. The normalized spacial score (nSPS) is 15.7. The largest absolute Gasteiger partial charge is 0.369 e. The maximum atomic E-state index is 11.7. The Balaban J connectivity index is 3.32. The lowest BCUT2D eigenvalue weighted by Gasteiger charge is -2.35. The van der Waals surface area contributed by atoms with E-state index in [0.29, 0.717) is 0 Å². The van der Waals surface area contributed by atoms with Crippen LogP contribution < -0.4 is 0 Å². The molecule has 0 heterocycles. The van der Waals surface area contributed by atoms with Gasteiger partial charge in [0.05, 0.1) is 26.1 Å². The van der Waals surface area contributed by atoms with E-state index in [9.17, 15) is 29.6 Å². The van der Waals surface area contributed by atoms with Crippen molar-refractivity contribution >= 4 is 13.3 Å². The van der Waals surface area contributed by atoms with Gasteiger partial charge < -0.3 is 19.4 Å². The Kier molecular flexibility index (Phi) is 4.38. The molecule has 1 aromatic rings. The second-order valence-electron chi connectivity index (χ2n) is 5.61. The molecule has 0 aromatic heterocycles. The fraction of sp³-hybridized carbons (Fsp3) is 0.455. The highest BCUT2D eigenvalue weighted by Gasteiger charge is 2.51. The Hall–Kier alpha value is -1.31. The fourth-order valence-electron chi connectivity index (χ4n) is 1.86. The summed E-state index contributed by atoms with van der Waals surface area (Å²) in [5.74, 6) is 0. The summed E-state index contributed by atoms with van der Waals surface area (Å²) in [5, 5.41) is 18.6. The van der Waals surface area contributed by atoms with Gasteiger partial charge in [-0.15, -0.1) is 0 Å². The topological polar surface area (TPSA) is 121 Å². The lowest BCUT2D eigenvalue weighted by atomic mass is 10.1. The summed E-state index contributed by atoms with van der Waals surface area (Å²) in [5.41, 5.74) is -0.267. The van der Waals surface area contributed by atoms with Gasteiger partial charge in [0.25, 0.3) is 5.69 Å². The van der Waals surface area contributed by atoms with Crippen molar-refractivity contribution in [3.05, 3.63) is 39.9 Å². The highest BCUT2D eigenvalue weighted by atomic mass is 31.2.